The molecule has 0 saturated heterocycles. The molecule has 112 valence electrons. The lowest BCUT2D eigenvalue weighted by atomic mass is 9.86. The largest absolute Gasteiger partial charge is 0.321 e. The summed E-state index contributed by atoms with van der Waals surface area (Å²) in [6, 6.07) is 5.43. The molecular weight excluding hydrogens is 288 g/mol. The maximum Gasteiger partial charge on any atom is 0.173 e. The van der Waals surface area contributed by atoms with Crippen LogP contribution < -0.4 is 5.84 Å². The maximum absolute atomic E-state index is 12.4. The Morgan fingerprint density at radius 2 is 2.05 bits per heavy atom. The summed E-state index contributed by atoms with van der Waals surface area (Å²) in [7, 11) is 0. The van der Waals surface area contributed by atoms with Crippen molar-refractivity contribution in [2.75, 3.05) is 0 Å². The molecule has 2 atom stereocenters. The van der Waals surface area contributed by atoms with Crippen LogP contribution in [0, 0.1) is 17.4 Å². The van der Waals surface area contributed by atoms with E-state index in [1.807, 2.05) is 6.07 Å². The maximum atomic E-state index is 12.4. The number of rotatable bonds is 3. The number of amidine groups is 1. The van der Waals surface area contributed by atoms with Crippen molar-refractivity contribution >= 4 is 23.2 Å². The molecule has 1 aromatic carbocycles. The van der Waals surface area contributed by atoms with Crippen molar-refractivity contribution in [1.29, 1.82) is 5.53 Å². The van der Waals surface area contributed by atoms with Crippen molar-refractivity contribution in [3.63, 3.8) is 0 Å². The number of nitrogens with two attached hydrogens (primary N) is 1. The average molecular weight is 307 g/mol. The lowest BCUT2D eigenvalue weighted by Gasteiger charge is -2.20. The highest BCUT2D eigenvalue weighted by Gasteiger charge is 2.47. The summed E-state index contributed by atoms with van der Waals surface area (Å²) in [5.41, 5.74) is 8.51. The molecule has 21 heavy (non-hydrogen) atoms. The third-order valence-electron chi connectivity index (χ3n) is 3.77. The number of hydrogen-bond donors (Lipinski definition) is 2. The Hall–Kier alpha value is -1.75. The van der Waals surface area contributed by atoms with E-state index in [1.165, 1.54) is 0 Å². The normalized spacial score (nSPS) is 22.0. The molecular formula is C15H19ClN4O. The van der Waals surface area contributed by atoms with E-state index < -0.39 is 0 Å². The number of carbonyl (C=O) groups is 1. The van der Waals surface area contributed by atoms with Gasteiger partial charge in [0.1, 0.15) is 0 Å². The van der Waals surface area contributed by atoms with Crippen molar-refractivity contribution < 1.29 is 4.79 Å². The third-order valence-corrected chi connectivity index (χ3v) is 4.08. The first-order chi connectivity index (χ1) is 9.79. The number of nitrogens with one attached hydrogen (secondary N) is 1. The summed E-state index contributed by atoms with van der Waals surface area (Å²) in [5, 5.41) is 7.30. The number of carbonyl (C=O) groups excluding carboxylic acids is 1. The summed E-state index contributed by atoms with van der Waals surface area (Å²) in [6.45, 7) is 6.23. The van der Waals surface area contributed by atoms with Crippen LogP contribution >= 0.6 is 11.6 Å². The van der Waals surface area contributed by atoms with Crippen molar-refractivity contribution in [2.45, 2.75) is 32.6 Å². The van der Waals surface area contributed by atoms with E-state index in [0.717, 1.165) is 5.56 Å². The predicted molar refractivity (Wildman–Crippen MR) is 82.8 cm³/mol. The quantitative estimate of drug-likeness (QED) is 0.222. The highest BCUT2D eigenvalue weighted by Crippen LogP contribution is 2.43. The van der Waals surface area contributed by atoms with E-state index in [2.05, 4.69) is 31.0 Å². The lowest BCUT2D eigenvalue weighted by molar-refractivity contribution is 0.0964. The fraction of sp³-hybridized carbons (Fsp3) is 0.467. The van der Waals surface area contributed by atoms with Crippen LogP contribution in [0.1, 0.15) is 43.1 Å². The molecule has 1 aliphatic carbocycles. The average Bonchev–Trinajstić information content (AvgIpc) is 3.18. The minimum atomic E-state index is -0.196. The van der Waals surface area contributed by atoms with E-state index in [0.29, 0.717) is 17.0 Å². The van der Waals surface area contributed by atoms with Gasteiger partial charge in [-0.2, -0.15) is 5.10 Å². The van der Waals surface area contributed by atoms with Gasteiger partial charge in [0, 0.05) is 22.4 Å². The van der Waals surface area contributed by atoms with E-state index in [4.69, 9.17) is 23.0 Å². The van der Waals surface area contributed by atoms with Crippen molar-refractivity contribution in [3.05, 3.63) is 34.3 Å². The van der Waals surface area contributed by atoms with E-state index in [-0.39, 0.29) is 28.9 Å². The van der Waals surface area contributed by atoms with Gasteiger partial charge in [-0.15, -0.1) is 5.11 Å². The van der Waals surface area contributed by atoms with Crippen LogP contribution in [0.3, 0.4) is 0 Å². The summed E-state index contributed by atoms with van der Waals surface area (Å²) in [5.74, 6) is 5.06. The molecule has 0 aromatic heterocycles. The minimum Gasteiger partial charge on any atom is -0.321 e. The SMILES string of the molecule is CC(C)(C)c1ccc(C(=O)[C@H]2C[C@@H]2C(N=N)=NN)cc1Cl. The van der Waals surface area contributed by atoms with Gasteiger partial charge < -0.3 is 5.84 Å². The van der Waals surface area contributed by atoms with Crippen LogP contribution in [0.2, 0.25) is 5.02 Å². The monoisotopic (exact) mass is 306 g/mol. The molecule has 2 rings (SSSR count). The molecule has 3 N–H and O–H groups in total. The second-order valence-electron chi connectivity index (χ2n) is 6.36. The van der Waals surface area contributed by atoms with Gasteiger partial charge in [0.15, 0.2) is 11.6 Å². The smallest absolute Gasteiger partial charge is 0.173 e. The predicted octanol–water partition coefficient (Wildman–Crippen LogP) is 3.76. The first-order valence-electron chi connectivity index (χ1n) is 6.79. The molecule has 5 nitrogen and oxygen atoms in total. The van der Waals surface area contributed by atoms with Crippen LogP contribution in [0.25, 0.3) is 0 Å². The molecule has 0 heterocycles. The molecule has 0 aliphatic heterocycles. The molecule has 1 aliphatic rings. The third kappa shape index (κ3) is 3.13. The number of benzene rings is 1. The van der Waals surface area contributed by atoms with Crippen LogP contribution in [-0.4, -0.2) is 11.6 Å². The number of Topliss-reactive ketones (excluding diaryl/α,β-unsaturated/α-hetero) is 1. The summed E-state index contributed by atoms with van der Waals surface area (Å²) in [4.78, 5) is 12.4. The number of halogens is 1. The van der Waals surface area contributed by atoms with Crippen molar-refractivity contribution in [3.8, 4) is 0 Å². The molecule has 0 unspecified atom stereocenters. The Kier molecular flexibility index (Phi) is 4.14. The number of hydrazone groups is 1. The van der Waals surface area contributed by atoms with Crippen molar-refractivity contribution in [1.82, 2.24) is 0 Å². The molecule has 0 radical (unpaired) electrons. The Bertz CT molecular complexity index is 619. The minimum absolute atomic E-state index is 0.00663. The second-order valence-corrected chi connectivity index (χ2v) is 6.76. The fourth-order valence-electron chi connectivity index (χ4n) is 2.47. The molecule has 0 amide bonds. The number of ketones is 1. The first-order valence-corrected chi connectivity index (χ1v) is 7.17. The lowest BCUT2D eigenvalue weighted by Crippen LogP contribution is -2.13. The highest BCUT2D eigenvalue weighted by molar-refractivity contribution is 6.32. The molecule has 0 spiro atoms. The Balaban J connectivity index is 2.19. The van der Waals surface area contributed by atoms with Gasteiger partial charge in [0.05, 0.1) is 0 Å². The Morgan fingerprint density at radius 3 is 2.52 bits per heavy atom. The fourth-order valence-corrected chi connectivity index (χ4v) is 2.93. The summed E-state index contributed by atoms with van der Waals surface area (Å²) < 4.78 is 0. The molecule has 1 aromatic rings. The van der Waals surface area contributed by atoms with Gasteiger partial charge in [0.2, 0.25) is 0 Å². The van der Waals surface area contributed by atoms with Crippen LogP contribution in [0.5, 0.6) is 0 Å². The first kappa shape index (κ1) is 15.6. The number of hydrogen-bond acceptors (Lipinski definition) is 4. The van der Waals surface area contributed by atoms with E-state index >= 15 is 0 Å². The van der Waals surface area contributed by atoms with Gasteiger partial charge in [-0.1, -0.05) is 44.5 Å². The van der Waals surface area contributed by atoms with Gasteiger partial charge >= 0.3 is 0 Å². The Labute approximate surface area is 129 Å². The van der Waals surface area contributed by atoms with Crippen LogP contribution in [-0.2, 0) is 5.41 Å². The molecule has 1 saturated carbocycles. The van der Waals surface area contributed by atoms with Gasteiger partial charge in [-0.25, -0.2) is 5.53 Å². The second kappa shape index (κ2) is 5.56. The highest BCUT2D eigenvalue weighted by atomic mass is 35.5. The van der Waals surface area contributed by atoms with Crippen molar-refractivity contribution in [2.24, 2.45) is 27.9 Å². The van der Waals surface area contributed by atoms with Gasteiger partial charge in [-0.3, -0.25) is 4.79 Å². The zero-order valence-electron chi connectivity index (χ0n) is 12.4. The standard InChI is InChI=1S/C15H19ClN4O/c1-15(2,3)11-5-4-8(6-12(11)16)13(21)9-7-10(9)14(19-17)20-18/h4-6,9-10,17H,7,18H2,1-3H3/t9-,10-/m0/s1. The summed E-state index contributed by atoms with van der Waals surface area (Å²) >= 11 is 6.29. The summed E-state index contributed by atoms with van der Waals surface area (Å²) in [6.07, 6.45) is 0.635. The number of nitrogens with zero attached hydrogens (tertiary/aromatic N) is 2. The molecule has 1 fully saturated rings. The van der Waals surface area contributed by atoms with Crippen LogP contribution in [0.15, 0.2) is 28.4 Å². The molecule has 0 bridgehead atoms. The Morgan fingerprint density at radius 1 is 1.38 bits per heavy atom. The molecule has 6 heteroatoms. The van der Waals surface area contributed by atoms with Gasteiger partial charge in [-0.05, 0) is 23.5 Å². The van der Waals surface area contributed by atoms with Crippen LogP contribution in [0.4, 0.5) is 0 Å². The topological polar surface area (TPSA) is 91.7 Å². The zero-order valence-corrected chi connectivity index (χ0v) is 13.1. The zero-order chi connectivity index (χ0) is 15.8. The van der Waals surface area contributed by atoms with E-state index in [1.54, 1.807) is 12.1 Å². The van der Waals surface area contributed by atoms with E-state index in [9.17, 15) is 4.79 Å². The van der Waals surface area contributed by atoms with Gasteiger partial charge in [0.25, 0.3) is 0 Å².